The van der Waals surface area contributed by atoms with Gasteiger partial charge in [0.25, 0.3) is 5.91 Å². The number of likely N-dealkylation sites (tertiary alicyclic amines) is 1. The Hall–Kier alpha value is -1.39. The second-order valence-electron chi connectivity index (χ2n) is 5.43. The van der Waals surface area contributed by atoms with Crippen molar-refractivity contribution in [3.63, 3.8) is 0 Å². The molecule has 0 saturated carbocycles. The summed E-state index contributed by atoms with van der Waals surface area (Å²) in [5.41, 5.74) is 3.33. The minimum absolute atomic E-state index is 0.0347. The van der Waals surface area contributed by atoms with Crippen molar-refractivity contribution >= 4 is 5.91 Å². The van der Waals surface area contributed by atoms with E-state index < -0.39 is 0 Å². The molecule has 4 heteroatoms. The zero-order chi connectivity index (χ0) is 13.2. The molecule has 1 unspecified atom stereocenters. The highest BCUT2D eigenvalue weighted by Gasteiger charge is 2.40. The molecule has 1 aliphatic heterocycles. The van der Waals surface area contributed by atoms with Gasteiger partial charge < -0.3 is 0 Å². The summed E-state index contributed by atoms with van der Waals surface area (Å²) in [5, 5.41) is 0. The van der Waals surface area contributed by atoms with Gasteiger partial charge in [-0.05, 0) is 38.8 Å². The first-order valence-electron chi connectivity index (χ1n) is 6.38. The van der Waals surface area contributed by atoms with Crippen LogP contribution in [-0.4, -0.2) is 22.9 Å². The second-order valence-corrected chi connectivity index (χ2v) is 5.43. The molecular formula is C14H21N3O. The number of amides is 1. The topological polar surface area (TPSA) is 58.4 Å². The van der Waals surface area contributed by atoms with E-state index in [0.29, 0.717) is 0 Å². The molecule has 1 fully saturated rings. The number of hydrogen-bond acceptors (Lipinski definition) is 3. The fraction of sp³-hybridized carbons (Fsp3) is 0.500. The van der Waals surface area contributed by atoms with Crippen molar-refractivity contribution in [2.75, 3.05) is 6.54 Å². The van der Waals surface area contributed by atoms with Gasteiger partial charge in [-0.25, -0.2) is 5.84 Å². The predicted octanol–water partition coefficient (Wildman–Crippen LogP) is 1.59. The summed E-state index contributed by atoms with van der Waals surface area (Å²) in [5.74, 6) is 5.20. The van der Waals surface area contributed by atoms with Crippen LogP contribution in [0.3, 0.4) is 0 Å². The van der Waals surface area contributed by atoms with Crippen LogP contribution in [0.1, 0.15) is 38.3 Å². The average Bonchev–Trinajstić information content (AvgIpc) is 2.71. The number of nitrogens with zero attached hydrogens (tertiary/aromatic N) is 1. The van der Waals surface area contributed by atoms with Crippen LogP contribution in [0.25, 0.3) is 0 Å². The first kappa shape index (κ1) is 13.1. The summed E-state index contributed by atoms with van der Waals surface area (Å²) in [6, 6.07) is 9.52. The van der Waals surface area contributed by atoms with E-state index in [1.54, 1.807) is 0 Å². The van der Waals surface area contributed by atoms with Crippen molar-refractivity contribution in [2.45, 2.75) is 38.3 Å². The third kappa shape index (κ3) is 2.40. The summed E-state index contributed by atoms with van der Waals surface area (Å²) >= 11 is 0. The molecule has 2 rings (SSSR count). The smallest absolute Gasteiger partial charge is 0.255 e. The van der Waals surface area contributed by atoms with Crippen molar-refractivity contribution in [3.05, 3.63) is 35.9 Å². The molecule has 1 aromatic rings. The molecule has 1 amide bonds. The zero-order valence-corrected chi connectivity index (χ0v) is 11.0. The molecule has 0 spiro atoms. The fourth-order valence-corrected chi connectivity index (χ4v) is 2.79. The monoisotopic (exact) mass is 247 g/mol. The number of nitrogens with two attached hydrogens (primary N) is 1. The Kier molecular flexibility index (Phi) is 3.68. The van der Waals surface area contributed by atoms with E-state index in [9.17, 15) is 4.79 Å². The third-order valence-corrected chi connectivity index (χ3v) is 3.78. The van der Waals surface area contributed by atoms with Crippen molar-refractivity contribution in [3.8, 4) is 0 Å². The van der Waals surface area contributed by atoms with Crippen LogP contribution < -0.4 is 11.3 Å². The summed E-state index contributed by atoms with van der Waals surface area (Å²) in [6.07, 6.45) is 2.22. The van der Waals surface area contributed by atoms with Gasteiger partial charge in [0.05, 0.1) is 0 Å². The van der Waals surface area contributed by atoms with Gasteiger partial charge in [-0.1, -0.05) is 30.3 Å². The van der Waals surface area contributed by atoms with Crippen LogP contribution in [0.4, 0.5) is 0 Å². The van der Waals surface area contributed by atoms with E-state index in [4.69, 9.17) is 5.84 Å². The lowest BCUT2D eigenvalue weighted by Gasteiger charge is -2.37. The van der Waals surface area contributed by atoms with E-state index in [0.717, 1.165) is 24.9 Å². The van der Waals surface area contributed by atoms with E-state index in [-0.39, 0.29) is 17.5 Å². The van der Waals surface area contributed by atoms with Gasteiger partial charge >= 0.3 is 0 Å². The highest BCUT2D eigenvalue weighted by molar-refractivity contribution is 5.82. The predicted molar refractivity (Wildman–Crippen MR) is 71.5 cm³/mol. The first-order valence-corrected chi connectivity index (χ1v) is 6.38. The number of hydrogen-bond donors (Lipinski definition) is 2. The number of carbonyl (C=O) groups excluding carboxylic acids is 1. The number of rotatable bonds is 3. The van der Waals surface area contributed by atoms with E-state index in [1.165, 1.54) is 0 Å². The molecule has 1 saturated heterocycles. The molecule has 0 aromatic heterocycles. The van der Waals surface area contributed by atoms with Gasteiger partial charge in [-0.15, -0.1) is 0 Å². The fourth-order valence-electron chi connectivity index (χ4n) is 2.79. The van der Waals surface area contributed by atoms with E-state index in [2.05, 4.69) is 24.2 Å². The van der Waals surface area contributed by atoms with Gasteiger partial charge in [0.1, 0.15) is 6.04 Å². The van der Waals surface area contributed by atoms with Crippen LogP contribution in [0.15, 0.2) is 30.3 Å². The Morgan fingerprint density at radius 1 is 1.39 bits per heavy atom. The maximum Gasteiger partial charge on any atom is 0.255 e. The number of nitrogens with one attached hydrogen (secondary N) is 1. The number of benzene rings is 1. The van der Waals surface area contributed by atoms with Crippen molar-refractivity contribution in [1.29, 1.82) is 0 Å². The van der Waals surface area contributed by atoms with Crippen molar-refractivity contribution in [2.24, 2.45) is 5.84 Å². The van der Waals surface area contributed by atoms with Gasteiger partial charge in [0, 0.05) is 5.54 Å². The minimum Gasteiger partial charge on any atom is -0.293 e. The zero-order valence-electron chi connectivity index (χ0n) is 11.0. The molecule has 1 atom stereocenters. The lowest BCUT2D eigenvalue weighted by atomic mass is 9.97. The largest absolute Gasteiger partial charge is 0.293 e. The number of carbonyl (C=O) groups is 1. The molecule has 4 nitrogen and oxygen atoms in total. The van der Waals surface area contributed by atoms with Crippen LogP contribution in [0.2, 0.25) is 0 Å². The van der Waals surface area contributed by atoms with E-state index >= 15 is 0 Å². The molecule has 0 radical (unpaired) electrons. The minimum atomic E-state index is -0.298. The molecule has 1 heterocycles. The maximum atomic E-state index is 12.1. The van der Waals surface area contributed by atoms with E-state index in [1.807, 2.05) is 30.3 Å². The van der Waals surface area contributed by atoms with Gasteiger partial charge in [0.2, 0.25) is 0 Å². The summed E-state index contributed by atoms with van der Waals surface area (Å²) in [6.45, 7) is 5.29. The Bertz CT molecular complexity index is 416. The number of hydrazine groups is 1. The Balaban J connectivity index is 2.35. The maximum absolute atomic E-state index is 12.1. The first-order chi connectivity index (χ1) is 8.56. The highest BCUT2D eigenvalue weighted by atomic mass is 16.2. The molecular weight excluding hydrogens is 226 g/mol. The quantitative estimate of drug-likeness (QED) is 0.484. The van der Waals surface area contributed by atoms with Crippen LogP contribution >= 0.6 is 0 Å². The summed E-state index contributed by atoms with van der Waals surface area (Å²) in [4.78, 5) is 14.4. The molecule has 1 aliphatic rings. The molecule has 0 bridgehead atoms. The highest BCUT2D eigenvalue weighted by Crippen LogP contribution is 2.36. The molecule has 1 aromatic carbocycles. The van der Waals surface area contributed by atoms with Crippen LogP contribution in [0.5, 0.6) is 0 Å². The van der Waals surface area contributed by atoms with Crippen LogP contribution in [0, 0.1) is 0 Å². The Morgan fingerprint density at radius 3 is 2.56 bits per heavy atom. The molecule has 18 heavy (non-hydrogen) atoms. The third-order valence-electron chi connectivity index (χ3n) is 3.78. The van der Waals surface area contributed by atoms with Gasteiger partial charge in [-0.3, -0.25) is 15.1 Å². The van der Waals surface area contributed by atoms with Crippen molar-refractivity contribution in [1.82, 2.24) is 10.3 Å². The summed E-state index contributed by atoms with van der Waals surface area (Å²) in [7, 11) is 0. The second kappa shape index (κ2) is 5.08. The Labute approximate surface area is 108 Å². The van der Waals surface area contributed by atoms with Crippen molar-refractivity contribution < 1.29 is 4.79 Å². The molecule has 3 N–H and O–H groups in total. The molecule has 98 valence electrons. The van der Waals surface area contributed by atoms with Gasteiger partial charge in [0.15, 0.2) is 0 Å². The molecule has 0 aliphatic carbocycles. The Morgan fingerprint density at radius 2 is 2.06 bits per heavy atom. The SMILES string of the molecule is CC1(C)CCCN1C(C(=O)NN)c1ccccc1. The standard InChI is InChI=1S/C14H21N3O/c1-14(2)9-6-10-17(14)12(13(18)16-15)11-7-4-3-5-8-11/h3-5,7-8,12H,6,9-10,15H2,1-2H3,(H,16,18). The normalized spacial score (nSPS) is 20.6. The average molecular weight is 247 g/mol. The lowest BCUT2D eigenvalue weighted by molar-refractivity contribution is -0.128. The van der Waals surface area contributed by atoms with Gasteiger partial charge in [-0.2, -0.15) is 0 Å². The lowest BCUT2D eigenvalue weighted by Crippen LogP contribution is -2.48. The van der Waals surface area contributed by atoms with Crippen LogP contribution in [-0.2, 0) is 4.79 Å². The summed E-state index contributed by atoms with van der Waals surface area (Å²) < 4.78 is 0.